The Kier molecular flexibility index (Phi) is 4.53. The maximum atomic E-state index is 6.38. The van der Waals surface area contributed by atoms with E-state index >= 15 is 0 Å². The minimum Gasteiger partial charge on any atom is -0.456 e. The number of fused-ring (bicyclic) bond motifs is 10. The van der Waals surface area contributed by atoms with Gasteiger partial charge in [-0.1, -0.05) is 109 Å². The molecule has 0 aliphatic heterocycles. The van der Waals surface area contributed by atoms with Crippen LogP contribution in [0.15, 0.2) is 155 Å². The maximum absolute atomic E-state index is 6.38. The van der Waals surface area contributed by atoms with E-state index in [1.165, 1.54) is 65.7 Å². The largest absolute Gasteiger partial charge is 0.456 e. The zero-order valence-electron chi connectivity index (χ0n) is 24.6. The van der Waals surface area contributed by atoms with E-state index in [4.69, 9.17) is 4.42 Å². The second-order valence-electron chi connectivity index (χ2n) is 12.3. The molecule has 0 amide bonds. The summed E-state index contributed by atoms with van der Waals surface area (Å²) in [5.41, 5.74) is 19.2. The topological polar surface area (TPSA) is 18.1 Å². The molecule has 0 saturated carbocycles. The van der Waals surface area contributed by atoms with Crippen LogP contribution in [0.5, 0.6) is 0 Å². The molecule has 0 radical (unpaired) electrons. The van der Waals surface area contributed by atoms with Crippen molar-refractivity contribution in [3.05, 3.63) is 162 Å². The Balaban J connectivity index is 1.20. The van der Waals surface area contributed by atoms with Crippen LogP contribution >= 0.6 is 0 Å². The van der Waals surface area contributed by atoms with Crippen LogP contribution in [0.1, 0.15) is 11.1 Å². The van der Waals surface area contributed by atoms with Crippen molar-refractivity contribution in [2.75, 3.05) is 0 Å². The number of benzene rings is 7. The molecular weight excluding hydrogens is 558 g/mol. The van der Waals surface area contributed by atoms with Crippen molar-refractivity contribution in [3.63, 3.8) is 0 Å². The lowest BCUT2D eigenvalue weighted by Gasteiger charge is -2.16. The van der Waals surface area contributed by atoms with Gasteiger partial charge in [-0.2, -0.15) is 0 Å². The third-order valence-electron chi connectivity index (χ3n) is 10.0. The Morgan fingerprint density at radius 2 is 1.22 bits per heavy atom. The Hall–Kier alpha value is -6.30. The van der Waals surface area contributed by atoms with Crippen LogP contribution in [0.3, 0.4) is 0 Å². The van der Waals surface area contributed by atoms with E-state index in [-0.39, 0.29) is 0 Å². The highest BCUT2D eigenvalue weighted by atomic mass is 16.3. The van der Waals surface area contributed by atoms with E-state index in [1.807, 2.05) is 18.2 Å². The SMILES string of the molecule is C1=C=C2C(=CC=1)c1ccc(-c3ccc(-n4c5ccccc5c5cc6c(cc54)oc4ccccc46)c4ccccc34)c3cccc2c13. The third-order valence-corrected chi connectivity index (χ3v) is 10.0. The van der Waals surface area contributed by atoms with Crippen molar-refractivity contribution in [2.24, 2.45) is 0 Å². The summed E-state index contributed by atoms with van der Waals surface area (Å²) in [7, 11) is 0. The van der Waals surface area contributed by atoms with E-state index in [0.717, 1.165) is 38.7 Å². The quantitative estimate of drug-likeness (QED) is 0.186. The van der Waals surface area contributed by atoms with Gasteiger partial charge in [0.2, 0.25) is 0 Å². The Morgan fingerprint density at radius 1 is 0.478 bits per heavy atom. The van der Waals surface area contributed by atoms with Crippen LogP contribution < -0.4 is 0 Å². The van der Waals surface area contributed by atoms with Crippen molar-refractivity contribution in [1.29, 1.82) is 0 Å². The lowest BCUT2D eigenvalue weighted by Crippen LogP contribution is -1.96. The molecule has 7 aromatic carbocycles. The molecule has 0 unspecified atom stereocenters. The van der Waals surface area contributed by atoms with E-state index in [9.17, 15) is 0 Å². The lowest BCUT2D eigenvalue weighted by molar-refractivity contribution is 0.669. The summed E-state index contributed by atoms with van der Waals surface area (Å²) in [6, 6.07) is 46.3. The molecule has 2 heterocycles. The molecule has 46 heavy (non-hydrogen) atoms. The lowest BCUT2D eigenvalue weighted by atomic mass is 9.91. The molecule has 9 aromatic rings. The maximum Gasteiger partial charge on any atom is 0.137 e. The zero-order chi connectivity index (χ0) is 29.9. The molecule has 2 aliphatic carbocycles. The molecule has 11 rings (SSSR count). The molecule has 210 valence electrons. The van der Waals surface area contributed by atoms with Gasteiger partial charge in [-0.15, -0.1) is 0 Å². The van der Waals surface area contributed by atoms with E-state index < -0.39 is 0 Å². The smallest absolute Gasteiger partial charge is 0.137 e. The second kappa shape index (κ2) is 8.66. The zero-order valence-corrected chi connectivity index (χ0v) is 24.6. The van der Waals surface area contributed by atoms with Gasteiger partial charge in [0.05, 0.1) is 16.7 Å². The average molecular weight is 582 g/mol. The van der Waals surface area contributed by atoms with Gasteiger partial charge < -0.3 is 8.98 Å². The number of nitrogens with zero attached hydrogens (tertiary/aromatic N) is 1. The first-order valence-corrected chi connectivity index (χ1v) is 15.7. The molecule has 0 saturated heterocycles. The molecule has 2 aliphatic rings. The van der Waals surface area contributed by atoms with Crippen molar-refractivity contribution >= 4 is 76.4 Å². The predicted octanol–water partition coefficient (Wildman–Crippen LogP) is 11.8. The molecule has 0 N–H and O–H groups in total. The molecule has 0 fully saturated rings. The summed E-state index contributed by atoms with van der Waals surface area (Å²) in [4.78, 5) is 0. The summed E-state index contributed by atoms with van der Waals surface area (Å²) in [5.74, 6) is 0. The molecular formula is C44H23NO. The van der Waals surface area contributed by atoms with Gasteiger partial charge in [0.25, 0.3) is 0 Å². The first-order chi connectivity index (χ1) is 22.8. The number of allylic oxidation sites excluding steroid dienone is 4. The predicted molar refractivity (Wildman–Crippen MR) is 191 cm³/mol. The van der Waals surface area contributed by atoms with Crippen LogP contribution in [-0.4, -0.2) is 4.57 Å². The minimum atomic E-state index is 0.905. The van der Waals surface area contributed by atoms with Gasteiger partial charge in [0, 0.05) is 38.6 Å². The number of aromatic nitrogens is 1. The van der Waals surface area contributed by atoms with Gasteiger partial charge in [0.1, 0.15) is 11.2 Å². The summed E-state index contributed by atoms with van der Waals surface area (Å²) in [6.07, 6.45) is 4.12. The van der Waals surface area contributed by atoms with E-state index in [1.54, 1.807) is 0 Å². The first kappa shape index (κ1) is 24.1. The normalized spacial score (nSPS) is 13.5. The van der Waals surface area contributed by atoms with Crippen LogP contribution in [0.2, 0.25) is 0 Å². The summed E-state index contributed by atoms with van der Waals surface area (Å²) in [6.45, 7) is 0. The van der Waals surface area contributed by atoms with Gasteiger partial charge >= 0.3 is 0 Å². The van der Waals surface area contributed by atoms with Crippen LogP contribution in [-0.2, 0) is 0 Å². The molecule has 0 spiro atoms. The molecule has 0 atom stereocenters. The summed E-state index contributed by atoms with van der Waals surface area (Å²) < 4.78 is 8.80. The van der Waals surface area contributed by atoms with Crippen molar-refractivity contribution < 1.29 is 4.42 Å². The van der Waals surface area contributed by atoms with Gasteiger partial charge in [-0.25, -0.2) is 0 Å². The van der Waals surface area contributed by atoms with Crippen molar-refractivity contribution in [1.82, 2.24) is 4.57 Å². The van der Waals surface area contributed by atoms with Crippen molar-refractivity contribution in [3.8, 4) is 16.8 Å². The fourth-order valence-electron chi connectivity index (χ4n) is 8.06. The molecule has 2 heteroatoms. The molecule has 2 nitrogen and oxygen atoms in total. The monoisotopic (exact) mass is 581 g/mol. The minimum absolute atomic E-state index is 0.905. The fourth-order valence-corrected chi connectivity index (χ4v) is 8.06. The van der Waals surface area contributed by atoms with E-state index in [2.05, 4.69) is 137 Å². The highest BCUT2D eigenvalue weighted by Gasteiger charge is 2.26. The molecule has 2 aromatic heterocycles. The van der Waals surface area contributed by atoms with Crippen LogP contribution in [0.4, 0.5) is 0 Å². The Morgan fingerprint density at radius 3 is 2.15 bits per heavy atom. The van der Waals surface area contributed by atoms with Gasteiger partial charge in [-0.3, -0.25) is 0 Å². The fraction of sp³-hybridized carbons (Fsp3) is 0. The average Bonchev–Trinajstić information content (AvgIpc) is 3.75. The standard InChI is InChI=1S/C44H23NO/c1-2-12-28-27(11-1)34-16-9-17-35-30(20-21-36(28)44(34)35)29-22-23-40(31-13-4-3-10-26(29)31)45-39-18-7-5-14-32(39)37-24-38-33-15-6-8-19-42(33)46-43(38)25-41(37)45/h2-10,12-25H. The van der Waals surface area contributed by atoms with Crippen LogP contribution in [0, 0.1) is 0 Å². The number of hydrogen-bond acceptors (Lipinski definition) is 1. The highest BCUT2D eigenvalue weighted by molar-refractivity contribution is 6.25. The van der Waals surface area contributed by atoms with Gasteiger partial charge in [-0.05, 0) is 80.4 Å². The van der Waals surface area contributed by atoms with Gasteiger partial charge in [0.15, 0.2) is 0 Å². The summed E-state index contributed by atoms with van der Waals surface area (Å²) in [5, 5.41) is 9.76. The summed E-state index contributed by atoms with van der Waals surface area (Å²) >= 11 is 0. The van der Waals surface area contributed by atoms with E-state index in [0.29, 0.717) is 0 Å². The van der Waals surface area contributed by atoms with Crippen molar-refractivity contribution in [2.45, 2.75) is 0 Å². The Bertz CT molecular complexity index is 2980. The van der Waals surface area contributed by atoms with Crippen LogP contribution in [0.25, 0.3) is 93.2 Å². The number of para-hydroxylation sites is 2. The Labute approximate surface area is 263 Å². The first-order valence-electron chi connectivity index (χ1n) is 15.7. The molecule has 0 bridgehead atoms. The second-order valence-corrected chi connectivity index (χ2v) is 12.3. The highest BCUT2D eigenvalue weighted by Crippen LogP contribution is 2.49. The third kappa shape index (κ3) is 3.02. The number of hydrogen-bond donors (Lipinski definition) is 0. The number of rotatable bonds is 2. The number of furan rings is 1.